The molecule has 11 heavy (non-hydrogen) atoms. The smallest absolute Gasteiger partial charge is 0.154 e. The Morgan fingerprint density at radius 2 is 2.27 bits per heavy atom. The fourth-order valence-corrected chi connectivity index (χ4v) is 1.27. The maximum atomic E-state index is 8.79. The summed E-state index contributed by atoms with van der Waals surface area (Å²) in [5.74, 6) is 0. The first-order chi connectivity index (χ1) is 5.31. The monoisotopic (exact) mass is 217 g/mol. The Labute approximate surface area is 72.3 Å². The van der Waals surface area contributed by atoms with E-state index in [1.54, 1.807) is 4.80 Å². The van der Waals surface area contributed by atoms with Crippen molar-refractivity contribution >= 4 is 15.9 Å². The summed E-state index contributed by atoms with van der Waals surface area (Å²) in [6.07, 6.45) is 2.32. The van der Waals surface area contributed by atoms with Gasteiger partial charge in [-0.3, -0.25) is 0 Å². The van der Waals surface area contributed by atoms with Gasteiger partial charge < -0.3 is 5.11 Å². The number of rotatable bonds is 2. The zero-order chi connectivity index (χ0) is 7.84. The Kier molecular flexibility index (Phi) is 1.69. The standard InChI is InChI=1S/C6H8BrN3O/c7-6-5(3-11)8-10(9-6)4-1-2-4/h4,11H,1-3H2. The van der Waals surface area contributed by atoms with E-state index in [9.17, 15) is 0 Å². The van der Waals surface area contributed by atoms with Crippen molar-refractivity contribution in [3.05, 3.63) is 10.3 Å². The molecular formula is C6H8BrN3O. The van der Waals surface area contributed by atoms with Crippen LogP contribution >= 0.6 is 15.9 Å². The molecule has 0 bridgehead atoms. The van der Waals surface area contributed by atoms with Gasteiger partial charge in [0.15, 0.2) is 4.60 Å². The van der Waals surface area contributed by atoms with Crippen LogP contribution in [0.5, 0.6) is 0 Å². The molecule has 1 aliphatic carbocycles. The lowest BCUT2D eigenvalue weighted by molar-refractivity contribution is 0.274. The Morgan fingerprint density at radius 1 is 1.55 bits per heavy atom. The predicted octanol–water partition coefficient (Wildman–Crippen LogP) is 0.868. The molecule has 1 aromatic rings. The lowest BCUT2D eigenvalue weighted by atomic mass is 10.5. The molecule has 0 amide bonds. The molecule has 0 spiro atoms. The minimum Gasteiger partial charge on any atom is -0.390 e. The van der Waals surface area contributed by atoms with E-state index in [1.165, 1.54) is 0 Å². The average molecular weight is 218 g/mol. The molecule has 2 rings (SSSR count). The van der Waals surface area contributed by atoms with Crippen LogP contribution in [0.3, 0.4) is 0 Å². The fraction of sp³-hybridized carbons (Fsp3) is 0.667. The minimum atomic E-state index is -0.0483. The molecule has 60 valence electrons. The van der Waals surface area contributed by atoms with E-state index in [-0.39, 0.29) is 6.61 Å². The summed E-state index contributed by atoms with van der Waals surface area (Å²) in [6.45, 7) is -0.0483. The van der Waals surface area contributed by atoms with Crippen LogP contribution in [0.1, 0.15) is 24.6 Å². The fourth-order valence-electron chi connectivity index (χ4n) is 0.901. The van der Waals surface area contributed by atoms with Crippen molar-refractivity contribution in [1.29, 1.82) is 0 Å². The minimum absolute atomic E-state index is 0.0483. The van der Waals surface area contributed by atoms with Crippen molar-refractivity contribution in [1.82, 2.24) is 15.0 Å². The lowest BCUT2D eigenvalue weighted by Crippen LogP contribution is -1.98. The second-order valence-corrected chi connectivity index (χ2v) is 3.40. The van der Waals surface area contributed by atoms with Crippen LogP contribution in [-0.2, 0) is 6.61 Å². The first-order valence-corrected chi connectivity index (χ1v) is 4.32. The van der Waals surface area contributed by atoms with Crippen LogP contribution in [-0.4, -0.2) is 20.1 Å². The van der Waals surface area contributed by atoms with Gasteiger partial charge in [0.25, 0.3) is 0 Å². The Bertz CT molecular complexity index is 269. The number of nitrogens with zero attached hydrogens (tertiary/aromatic N) is 3. The number of hydrogen-bond acceptors (Lipinski definition) is 3. The molecule has 0 aliphatic heterocycles. The average Bonchev–Trinajstić information content (AvgIpc) is 2.76. The van der Waals surface area contributed by atoms with Crippen molar-refractivity contribution in [2.75, 3.05) is 0 Å². The molecule has 4 nitrogen and oxygen atoms in total. The van der Waals surface area contributed by atoms with Crippen molar-refractivity contribution < 1.29 is 5.11 Å². The zero-order valence-corrected chi connectivity index (χ0v) is 7.45. The Morgan fingerprint density at radius 3 is 2.73 bits per heavy atom. The number of aliphatic hydroxyl groups is 1. The normalized spacial score (nSPS) is 17.3. The van der Waals surface area contributed by atoms with Gasteiger partial charge in [0.05, 0.1) is 12.6 Å². The van der Waals surface area contributed by atoms with Crippen molar-refractivity contribution in [2.45, 2.75) is 25.5 Å². The molecule has 1 fully saturated rings. The highest BCUT2D eigenvalue weighted by molar-refractivity contribution is 9.10. The third-order valence-electron chi connectivity index (χ3n) is 1.67. The first kappa shape index (κ1) is 7.24. The van der Waals surface area contributed by atoms with Crippen LogP contribution in [0.15, 0.2) is 4.60 Å². The summed E-state index contributed by atoms with van der Waals surface area (Å²) in [7, 11) is 0. The van der Waals surface area contributed by atoms with Gasteiger partial charge in [-0.1, -0.05) is 0 Å². The molecule has 0 aromatic carbocycles. The highest BCUT2D eigenvalue weighted by atomic mass is 79.9. The molecule has 1 saturated carbocycles. The maximum Gasteiger partial charge on any atom is 0.154 e. The summed E-state index contributed by atoms with van der Waals surface area (Å²) in [5.41, 5.74) is 0.622. The van der Waals surface area contributed by atoms with Gasteiger partial charge in [-0.25, -0.2) is 0 Å². The summed E-state index contributed by atoms with van der Waals surface area (Å²) in [6, 6.07) is 0.478. The molecule has 0 saturated heterocycles. The van der Waals surface area contributed by atoms with Crippen molar-refractivity contribution in [3.63, 3.8) is 0 Å². The second-order valence-electron chi connectivity index (χ2n) is 2.65. The molecular weight excluding hydrogens is 210 g/mol. The van der Waals surface area contributed by atoms with Gasteiger partial charge >= 0.3 is 0 Å². The highest BCUT2D eigenvalue weighted by Gasteiger charge is 2.26. The van der Waals surface area contributed by atoms with E-state index in [4.69, 9.17) is 5.11 Å². The lowest BCUT2D eigenvalue weighted by Gasteiger charge is -1.90. The first-order valence-electron chi connectivity index (χ1n) is 3.53. The predicted molar refractivity (Wildman–Crippen MR) is 41.9 cm³/mol. The van der Waals surface area contributed by atoms with Gasteiger partial charge in [0, 0.05) is 0 Å². The van der Waals surface area contributed by atoms with Crippen LogP contribution in [0.4, 0.5) is 0 Å². The number of aliphatic hydroxyl groups excluding tert-OH is 1. The molecule has 1 aromatic heterocycles. The summed E-state index contributed by atoms with van der Waals surface area (Å²) < 4.78 is 0.659. The molecule has 0 radical (unpaired) electrons. The van der Waals surface area contributed by atoms with Crippen LogP contribution in [0.25, 0.3) is 0 Å². The molecule has 5 heteroatoms. The number of halogens is 1. The highest BCUT2D eigenvalue weighted by Crippen LogP contribution is 2.33. The van der Waals surface area contributed by atoms with E-state index in [1.807, 2.05) is 0 Å². The largest absolute Gasteiger partial charge is 0.390 e. The molecule has 1 heterocycles. The van der Waals surface area contributed by atoms with E-state index in [2.05, 4.69) is 26.1 Å². The van der Waals surface area contributed by atoms with E-state index < -0.39 is 0 Å². The molecule has 0 atom stereocenters. The van der Waals surface area contributed by atoms with Gasteiger partial charge in [0.1, 0.15) is 5.69 Å². The number of aromatic nitrogens is 3. The topological polar surface area (TPSA) is 50.9 Å². The van der Waals surface area contributed by atoms with Crippen molar-refractivity contribution in [2.24, 2.45) is 0 Å². The van der Waals surface area contributed by atoms with Crippen LogP contribution in [0, 0.1) is 0 Å². The van der Waals surface area contributed by atoms with E-state index in [0.29, 0.717) is 16.3 Å². The molecule has 1 N–H and O–H groups in total. The summed E-state index contributed by atoms with van der Waals surface area (Å²) >= 11 is 3.22. The SMILES string of the molecule is OCc1nn(C2CC2)nc1Br. The Hall–Kier alpha value is -0.420. The maximum absolute atomic E-state index is 8.79. The van der Waals surface area contributed by atoms with Gasteiger partial charge in [-0.2, -0.15) is 9.90 Å². The zero-order valence-electron chi connectivity index (χ0n) is 5.87. The molecule has 0 unspecified atom stereocenters. The Balaban J connectivity index is 2.28. The molecule has 1 aliphatic rings. The van der Waals surface area contributed by atoms with Gasteiger partial charge in [0.2, 0.25) is 0 Å². The summed E-state index contributed by atoms with van der Waals surface area (Å²) in [4.78, 5) is 1.68. The quantitative estimate of drug-likeness (QED) is 0.801. The summed E-state index contributed by atoms with van der Waals surface area (Å²) in [5, 5.41) is 17.0. The third-order valence-corrected chi connectivity index (χ3v) is 2.29. The van der Waals surface area contributed by atoms with E-state index >= 15 is 0 Å². The number of hydrogen-bond donors (Lipinski definition) is 1. The van der Waals surface area contributed by atoms with Crippen LogP contribution in [0.2, 0.25) is 0 Å². The second kappa shape index (κ2) is 2.57. The van der Waals surface area contributed by atoms with Gasteiger partial charge in [-0.15, -0.1) is 5.10 Å². The van der Waals surface area contributed by atoms with Crippen molar-refractivity contribution in [3.8, 4) is 0 Å². The van der Waals surface area contributed by atoms with E-state index in [0.717, 1.165) is 12.8 Å². The van der Waals surface area contributed by atoms with Crippen LogP contribution < -0.4 is 0 Å². The third kappa shape index (κ3) is 1.30. The van der Waals surface area contributed by atoms with Gasteiger partial charge in [-0.05, 0) is 28.8 Å².